The Hall–Kier alpha value is -2.68. The van der Waals surface area contributed by atoms with Gasteiger partial charge in [0.1, 0.15) is 0 Å². The van der Waals surface area contributed by atoms with Crippen LogP contribution in [0.25, 0.3) is 0 Å². The van der Waals surface area contributed by atoms with Gasteiger partial charge in [0.25, 0.3) is 0 Å². The maximum atomic E-state index is 12.6. The molecule has 1 heterocycles. The zero-order valence-electron chi connectivity index (χ0n) is 16.7. The molecule has 0 spiro atoms. The van der Waals surface area contributed by atoms with E-state index < -0.39 is 0 Å². The molecule has 5 heteroatoms. The lowest BCUT2D eigenvalue weighted by Crippen LogP contribution is -2.52. The maximum Gasteiger partial charge on any atom is 0.241 e. The summed E-state index contributed by atoms with van der Waals surface area (Å²) >= 11 is 0. The molecule has 1 aliphatic heterocycles. The van der Waals surface area contributed by atoms with Gasteiger partial charge >= 0.3 is 0 Å². The minimum atomic E-state index is -0.150. The predicted molar refractivity (Wildman–Crippen MR) is 112 cm³/mol. The summed E-state index contributed by atoms with van der Waals surface area (Å²) in [5, 5.41) is 11.9. The van der Waals surface area contributed by atoms with Crippen LogP contribution in [0.1, 0.15) is 30.5 Å². The standard InChI is InChI=1S/C23H28N4O/c1-3-19-8-10-22(11-9-19)25-23(28)18(2)27-14-12-26(13-15-27)17-21-6-4-20(16-24)5-7-21/h4-11,18H,3,12-15,17H2,1-2H3,(H,25,28)/t18-/m1/s1. The molecular weight excluding hydrogens is 348 g/mol. The highest BCUT2D eigenvalue weighted by molar-refractivity contribution is 5.94. The zero-order valence-corrected chi connectivity index (χ0v) is 16.7. The van der Waals surface area contributed by atoms with Crippen molar-refractivity contribution in [3.05, 3.63) is 65.2 Å². The van der Waals surface area contributed by atoms with Crippen LogP contribution in [0, 0.1) is 11.3 Å². The number of carbonyl (C=O) groups excluding carboxylic acids is 1. The molecule has 1 amide bonds. The monoisotopic (exact) mass is 376 g/mol. The van der Waals surface area contributed by atoms with Gasteiger partial charge in [-0.25, -0.2) is 0 Å². The summed E-state index contributed by atoms with van der Waals surface area (Å²) in [5.41, 5.74) is 4.03. The summed E-state index contributed by atoms with van der Waals surface area (Å²) in [6.45, 7) is 8.59. The van der Waals surface area contributed by atoms with Crippen molar-refractivity contribution in [1.29, 1.82) is 5.26 Å². The van der Waals surface area contributed by atoms with Gasteiger partial charge in [0.2, 0.25) is 5.91 Å². The smallest absolute Gasteiger partial charge is 0.241 e. The van der Waals surface area contributed by atoms with Crippen LogP contribution in [0.15, 0.2) is 48.5 Å². The molecule has 0 aromatic heterocycles. The lowest BCUT2D eigenvalue weighted by atomic mass is 10.1. The second-order valence-electron chi connectivity index (χ2n) is 7.34. The molecule has 1 N–H and O–H groups in total. The lowest BCUT2D eigenvalue weighted by Gasteiger charge is -2.37. The van der Waals surface area contributed by atoms with Crippen LogP contribution in [-0.2, 0) is 17.8 Å². The number of hydrogen-bond acceptors (Lipinski definition) is 4. The molecule has 0 aliphatic carbocycles. The highest BCUT2D eigenvalue weighted by Gasteiger charge is 2.25. The van der Waals surface area contributed by atoms with E-state index in [2.05, 4.69) is 40.2 Å². The van der Waals surface area contributed by atoms with E-state index in [9.17, 15) is 4.79 Å². The van der Waals surface area contributed by atoms with Gasteiger partial charge in [-0.15, -0.1) is 0 Å². The van der Waals surface area contributed by atoms with Gasteiger partial charge in [0, 0.05) is 38.4 Å². The average Bonchev–Trinajstić information content (AvgIpc) is 2.75. The SMILES string of the molecule is CCc1ccc(NC(=O)[C@@H](C)N2CCN(Cc3ccc(C#N)cc3)CC2)cc1. The summed E-state index contributed by atoms with van der Waals surface area (Å²) in [6, 6.07) is 17.8. The Morgan fingerprint density at radius 2 is 1.64 bits per heavy atom. The third-order valence-electron chi connectivity index (χ3n) is 5.45. The van der Waals surface area contributed by atoms with Gasteiger partial charge in [0.05, 0.1) is 17.7 Å². The van der Waals surface area contributed by atoms with Crippen molar-refractivity contribution < 1.29 is 4.79 Å². The molecule has 0 bridgehead atoms. The molecule has 0 unspecified atom stereocenters. The maximum absolute atomic E-state index is 12.6. The highest BCUT2D eigenvalue weighted by Crippen LogP contribution is 2.14. The Bertz CT molecular complexity index is 815. The van der Waals surface area contributed by atoms with Crippen molar-refractivity contribution in [3.8, 4) is 6.07 Å². The second kappa shape index (κ2) is 9.50. The number of benzene rings is 2. The zero-order chi connectivity index (χ0) is 19.9. The number of anilines is 1. The topological polar surface area (TPSA) is 59.4 Å². The Labute approximate surface area is 167 Å². The first kappa shape index (κ1) is 20.1. The summed E-state index contributed by atoms with van der Waals surface area (Å²) in [4.78, 5) is 17.2. The number of rotatable bonds is 6. The van der Waals surface area contributed by atoms with Crippen molar-refractivity contribution in [3.63, 3.8) is 0 Å². The van der Waals surface area contributed by atoms with Crippen LogP contribution in [0.5, 0.6) is 0 Å². The van der Waals surface area contributed by atoms with Gasteiger partial charge in [-0.1, -0.05) is 31.2 Å². The molecule has 0 saturated carbocycles. The van der Waals surface area contributed by atoms with Crippen molar-refractivity contribution in [2.24, 2.45) is 0 Å². The van der Waals surface area contributed by atoms with Crippen LogP contribution in [-0.4, -0.2) is 47.9 Å². The fraction of sp³-hybridized carbons (Fsp3) is 0.391. The van der Waals surface area contributed by atoms with Gasteiger partial charge in [0.15, 0.2) is 0 Å². The fourth-order valence-corrected chi connectivity index (χ4v) is 3.49. The number of nitrogens with one attached hydrogen (secondary N) is 1. The molecular formula is C23H28N4O. The largest absolute Gasteiger partial charge is 0.325 e. The van der Waals surface area contributed by atoms with Crippen molar-refractivity contribution in [1.82, 2.24) is 9.80 Å². The van der Waals surface area contributed by atoms with Crippen LogP contribution < -0.4 is 5.32 Å². The Morgan fingerprint density at radius 3 is 2.21 bits per heavy atom. The van der Waals surface area contributed by atoms with E-state index in [-0.39, 0.29) is 11.9 Å². The quantitative estimate of drug-likeness (QED) is 0.841. The summed E-state index contributed by atoms with van der Waals surface area (Å²) in [6.07, 6.45) is 0.997. The third kappa shape index (κ3) is 5.19. The van der Waals surface area contributed by atoms with E-state index in [1.165, 1.54) is 11.1 Å². The number of aryl methyl sites for hydroxylation is 1. The van der Waals surface area contributed by atoms with Gasteiger partial charge in [-0.3, -0.25) is 14.6 Å². The molecule has 5 nitrogen and oxygen atoms in total. The van der Waals surface area contributed by atoms with Crippen LogP contribution in [0.4, 0.5) is 5.69 Å². The number of piperazine rings is 1. The molecule has 2 aromatic rings. The van der Waals surface area contributed by atoms with Crippen molar-refractivity contribution in [2.45, 2.75) is 32.9 Å². The summed E-state index contributed by atoms with van der Waals surface area (Å²) in [5.74, 6) is 0.0461. The first-order chi connectivity index (χ1) is 13.6. The minimum Gasteiger partial charge on any atom is -0.325 e. The molecule has 3 rings (SSSR count). The Kier molecular flexibility index (Phi) is 6.80. The van der Waals surface area contributed by atoms with E-state index in [1.807, 2.05) is 43.3 Å². The highest BCUT2D eigenvalue weighted by atomic mass is 16.2. The lowest BCUT2D eigenvalue weighted by molar-refractivity contribution is -0.121. The van der Waals surface area contributed by atoms with Gasteiger partial charge in [-0.2, -0.15) is 5.26 Å². The minimum absolute atomic E-state index is 0.0461. The molecule has 1 aliphatic rings. The number of nitrogens with zero attached hydrogens (tertiary/aromatic N) is 3. The van der Waals surface area contributed by atoms with E-state index >= 15 is 0 Å². The van der Waals surface area contributed by atoms with Gasteiger partial charge in [-0.05, 0) is 48.7 Å². The van der Waals surface area contributed by atoms with E-state index in [1.54, 1.807) is 0 Å². The van der Waals surface area contributed by atoms with Crippen LogP contribution in [0.3, 0.4) is 0 Å². The Balaban J connectivity index is 1.47. The molecule has 2 aromatic carbocycles. The molecule has 146 valence electrons. The Morgan fingerprint density at radius 1 is 1.04 bits per heavy atom. The first-order valence-electron chi connectivity index (χ1n) is 9.94. The van der Waals surface area contributed by atoms with Crippen molar-refractivity contribution in [2.75, 3.05) is 31.5 Å². The third-order valence-corrected chi connectivity index (χ3v) is 5.45. The summed E-state index contributed by atoms with van der Waals surface area (Å²) < 4.78 is 0. The predicted octanol–water partition coefficient (Wildman–Crippen LogP) is 3.27. The fourth-order valence-electron chi connectivity index (χ4n) is 3.49. The number of hydrogen-bond donors (Lipinski definition) is 1. The van der Waals surface area contributed by atoms with E-state index in [4.69, 9.17) is 5.26 Å². The summed E-state index contributed by atoms with van der Waals surface area (Å²) in [7, 11) is 0. The normalized spacial score (nSPS) is 16.3. The number of nitriles is 1. The molecule has 1 atom stereocenters. The number of carbonyl (C=O) groups is 1. The van der Waals surface area contributed by atoms with Crippen LogP contribution in [0.2, 0.25) is 0 Å². The molecule has 28 heavy (non-hydrogen) atoms. The molecule has 0 radical (unpaired) electrons. The molecule has 1 fully saturated rings. The first-order valence-corrected chi connectivity index (χ1v) is 9.94. The van der Waals surface area contributed by atoms with Crippen LogP contribution >= 0.6 is 0 Å². The molecule has 1 saturated heterocycles. The second-order valence-corrected chi connectivity index (χ2v) is 7.34. The van der Waals surface area contributed by atoms with Crippen molar-refractivity contribution >= 4 is 11.6 Å². The average molecular weight is 377 g/mol. The van der Waals surface area contributed by atoms with Gasteiger partial charge < -0.3 is 5.32 Å². The number of amides is 1. The van der Waals surface area contributed by atoms with E-state index in [0.717, 1.165) is 44.8 Å². The van der Waals surface area contributed by atoms with E-state index in [0.29, 0.717) is 5.56 Å².